The summed E-state index contributed by atoms with van der Waals surface area (Å²) in [6, 6.07) is 7.03. The fourth-order valence-corrected chi connectivity index (χ4v) is 2.28. The molecule has 2 unspecified atom stereocenters. The minimum absolute atomic E-state index is 0.168. The van der Waals surface area contributed by atoms with E-state index in [1.165, 1.54) is 24.1 Å². The second-order valence-electron chi connectivity index (χ2n) is 4.77. The zero-order chi connectivity index (χ0) is 11.5. The molecule has 0 aromatic heterocycles. The maximum Gasteiger partial charge on any atom is 0.123 e. The largest absolute Gasteiger partial charge is 0.328 e. The van der Waals surface area contributed by atoms with Crippen molar-refractivity contribution < 1.29 is 4.39 Å². The van der Waals surface area contributed by atoms with Crippen molar-refractivity contribution in [3.05, 3.63) is 35.6 Å². The Morgan fingerprint density at radius 3 is 2.69 bits per heavy atom. The Morgan fingerprint density at radius 2 is 2.12 bits per heavy atom. The van der Waals surface area contributed by atoms with Gasteiger partial charge in [-0.15, -0.1) is 0 Å². The molecule has 1 aromatic carbocycles. The number of hydrogen-bond acceptors (Lipinski definition) is 2. The van der Waals surface area contributed by atoms with Gasteiger partial charge in [0.25, 0.3) is 0 Å². The van der Waals surface area contributed by atoms with Crippen LogP contribution >= 0.6 is 0 Å². The van der Waals surface area contributed by atoms with E-state index in [1.54, 1.807) is 0 Å². The molecule has 0 radical (unpaired) electrons. The molecule has 0 bridgehead atoms. The van der Waals surface area contributed by atoms with Crippen LogP contribution in [0.25, 0.3) is 0 Å². The van der Waals surface area contributed by atoms with E-state index >= 15 is 0 Å². The van der Waals surface area contributed by atoms with E-state index in [-0.39, 0.29) is 11.9 Å². The first-order valence-electron chi connectivity index (χ1n) is 5.87. The Balaban J connectivity index is 1.89. The van der Waals surface area contributed by atoms with E-state index in [9.17, 15) is 4.39 Å². The summed E-state index contributed by atoms with van der Waals surface area (Å²) in [5.74, 6) is 0.444. The van der Waals surface area contributed by atoms with Gasteiger partial charge in [-0.1, -0.05) is 12.1 Å². The highest BCUT2D eigenvalue weighted by atomic mass is 19.1. The van der Waals surface area contributed by atoms with Crippen LogP contribution in [0.1, 0.15) is 18.9 Å². The Labute approximate surface area is 96.2 Å². The normalized spacial score (nSPS) is 23.6. The Morgan fingerprint density at radius 1 is 1.44 bits per heavy atom. The minimum Gasteiger partial charge on any atom is -0.328 e. The number of nitrogens with zero attached hydrogens (tertiary/aromatic N) is 1. The number of nitrogens with two attached hydrogens (primary N) is 1. The third kappa shape index (κ3) is 2.80. The molecule has 1 saturated heterocycles. The molecule has 1 heterocycles. The lowest BCUT2D eigenvalue weighted by molar-refractivity contribution is 0.308. The molecular weight excluding hydrogens is 203 g/mol. The Bertz CT molecular complexity index is 334. The second kappa shape index (κ2) is 4.93. The van der Waals surface area contributed by atoms with Gasteiger partial charge in [-0.2, -0.15) is 0 Å². The van der Waals surface area contributed by atoms with Crippen LogP contribution in [0.15, 0.2) is 24.3 Å². The molecule has 2 nitrogen and oxygen atoms in total. The summed E-state index contributed by atoms with van der Waals surface area (Å²) < 4.78 is 12.7. The number of hydrogen-bond donors (Lipinski definition) is 1. The van der Waals surface area contributed by atoms with Gasteiger partial charge in [-0.25, -0.2) is 4.39 Å². The topological polar surface area (TPSA) is 29.3 Å². The SMILES string of the molecule is CC(N)C1CCN(Cc2ccc(F)cc2)C1. The van der Waals surface area contributed by atoms with Gasteiger partial charge in [0, 0.05) is 19.1 Å². The summed E-state index contributed by atoms with van der Waals surface area (Å²) in [4.78, 5) is 2.39. The fraction of sp³-hybridized carbons (Fsp3) is 0.538. The summed E-state index contributed by atoms with van der Waals surface area (Å²) in [6.45, 7) is 5.15. The molecule has 1 aliphatic heterocycles. The van der Waals surface area contributed by atoms with Crippen LogP contribution in [0.4, 0.5) is 4.39 Å². The van der Waals surface area contributed by atoms with Crippen LogP contribution in [0, 0.1) is 11.7 Å². The lowest BCUT2D eigenvalue weighted by Gasteiger charge is -2.17. The van der Waals surface area contributed by atoms with Gasteiger partial charge in [0.15, 0.2) is 0 Å². The standard InChI is InChI=1S/C13H19FN2/c1-10(15)12-6-7-16(9-12)8-11-2-4-13(14)5-3-11/h2-5,10,12H,6-9,15H2,1H3. The van der Waals surface area contributed by atoms with Gasteiger partial charge >= 0.3 is 0 Å². The number of halogens is 1. The molecule has 2 N–H and O–H groups in total. The molecular formula is C13H19FN2. The van der Waals surface area contributed by atoms with E-state index in [2.05, 4.69) is 11.8 Å². The Hall–Kier alpha value is -0.930. The summed E-state index contributed by atoms with van der Waals surface area (Å²) in [5.41, 5.74) is 7.07. The molecule has 1 aliphatic rings. The summed E-state index contributed by atoms with van der Waals surface area (Å²) in [5, 5.41) is 0. The molecule has 2 rings (SSSR count). The summed E-state index contributed by atoms with van der Waals surface area (Å²) in [6.07, 6.45) is 1.18. The smallest absolute Gasteiger partial charge is 0.123 e. The third-order valence-corrected chi connectivity index (χ3v) is 3.37. The first-order chi connectivity index (χ1) is 7.65. The monoisotopic (exact) mass is 222 g/mol. The molecule has 16 heavy (non-hydrogen) atoms. The molecule has 88 valence electrons. The van der Waals surface area contributed by atoms with Crippen LogP contribution < -0.4 is 5.73 Å². The van der Waals surface area contributed by atoms with Crippen molar-refractivity contribution in [2.24, 2.45) is 11.7 Å². The zero-order valence-electron chi connectivity index (χ0n) is 9.70. The average Bonchev–Trinajstić information content (AvgIpc) is 2.70. The zero-order valence-corrected chi connectivity index (χ0v) is 9.70. The van der Waals surface area contributed by atoms with E-state index in [1.807, 2.05) is 12.1 Å². The van der Waals surface area contributed by atoms with Crippen LogP contribution in [0.2, 0.25) is 0 Å². The number of likely N-dealkylation sites (tertiary alicyclic amines) is 1. The summed E-state index contributed by atoms with van der Waals surface area (Å²) >= 11 is 0. The van der Waals surface area contributed by atoms with Crippen molar-refractivity contribution in [1.82, 2.24) is 4.90 Å². The van der Waals surface area contributed by atoms with Crippen molar-refractivity contribution in [3.8, 4) is 0 Å². The van der Waals surface area contributed by atoms with Gasteiger partial charge in [0.05, 0.1) is 0 Å². The maximum absolute atomic E-state index is 12.7. The highest BCUT2D eigenvalue weighted by Crippen LogP contribution is 2.20. The van der Waals surface area contributed by atoms with Crippen molar-refractivity contribution in [2.45, 2.75) is 25.9 Å². The first-order valence-corrected chi connectivity index (χ1v) is 5.87. The van der Waals surface area contributed by atoms with Gasteiger partial charge < -0.3 is 5.73 Å². The molecule has 1 aromatic rings. The molecule has 0 spiro atoms. The van der Waals surface area contributed by atoms with Gasteiger partial charge in [0.1, 0.15) is 5.82 Å². The Kier molecular flexibility index (Phi) is 3.56. The first kappa shape index (κ1) is 11.6. The maximum atomic E-state index is 12.7. The second-order valence-corrected chi connectivity index (χ2v) is 4.77. The van der Waals surface area contributed by atoms with Crippen LogP contribution in [0.5, 0.6) is 0 Å². The highest BCUT2D eigenvalue weighted by molar-refractivity contribution is 5.16. The van der Waals surface area contributed by atoms with Gasteiger partial charge in [-0.3, -0.25) is 4.90 Å². The van der Waals surface area contributed by atoms with Crippen molar-refractivity contribution >= 4 is 0 Å². The van der Waals surface area contributed by atoms with Crippen molar-refractivity contribution in [1.29, 1.82) is 0 Å². The van der Waals surface area contributed by atoms with Crippen LogP contribution in [-0.2, 0) is 6.54 Å². The van der Waals surface area contributed by atoms with E-state index in [0.29, 0.717) is 5.92 Å². The number of rotatable bonds is 3. The van der Waals surface area contributed by atoms with Crippen LogP contribution in [0.3, 0.4) is 0 Å². The molecule has 1 fully saturated rings. The van der Waals surface area contributed by atoms with Crippen LogP contribution in [-0.4, -0.2) is 24.0 Å². The highest BCUT2D eigenvalue weighted by Gasteiger charge is 2.24. The quantitative estimate of drug-likeness (QED) is 0.847. The predicted octanol–water partition coefficient (Wildman–Crippen LogP) is 1.99. The van der Waals surface area contributed by atoms with E-state index in [4.69, 9.17) is 5.73 Å². The lowest BCUT2D eigenvalue weighted by atomic mass is 10.0. The molecule has 2 atom stereocenters. The molecule has 0 amide bonds. The average molecular weight is 222 g/mol. The minimum atomic E-state index is -0.168. The molecule has 3 heteroatoms. The number of benzene rings is 1. The molecule has 0 aliphatic carbocycles. The predicted molar refractivity (Wildman–Crippen MR) is 63.4 cm³/mol. The fourth-order valence-electron chi connectivity index (χ4n) is 2.28. The van der Waals surface area contributed by atoms with Crippen molar-refractivity contribution in [3.63, 3.8) is 0 Å². The third-order valence-electron chi connectivity index (χ3n) is 3.37. The summed E-state index contributed by atoms with van der Waals surface area (Å²) in [7, 11) is 0. The van der Waals surface area contributed by atoms with Gasteiger partial charge in [-0.05, 0) is 43.5 Å². The van der Waals surface area contributed by atoms with Crippen molar-refractivity contribution in [2.75, 3.05) is 13.1 Å². The van der Waals surface area contributed by atoms with Gasteiger partial charge in [0.2, 0.25) is 0 Å². The lowest BCUT2D eigenvalue weighted by Crippen LogP contribution is -2.29. The molecule has 0 saturated carbocycles. The van der Waals surface area contributed by atoms with E-state index < -0.39 is 0 Å². The van der Waals surface area contributed by atoms with E-state index in [0.717, 1.165) is 19.6 Å².